The first kappa shape index (κ1) is 9.24. The maximum absolute atomic E-state index is 5.81. The maximum atomic E-state index is 5.81. The van der Waals surface area contributed by atoms with Crippen LogP contribution in [-0.2, 0) is 0 Å². The predicted molar refractivity (Wildman–Crippen MR) is 57.4 cm³/mol. The molecule has 0 aromatic carbocycles. The summed E-state index contributed by atoms with van der Waals surface area (Å²) in [5, 5.41) is 0. The van der Waals surface area contributed by atoms with E-state index in [1.165, 1.54) is 12.8 Å². The number of hydrogen-bond acceptors (Lipinski definition) is 4. The SMILES string of the molecule is Cc1nc(N)c(C)c(N2CCCC2)n1. The van der Waals surface area contributed by atoms with E-state index in [1.807, 2.05) is 13.8 Å². The minimum atomic E-state index is 0.611. The lowest BCUT2D eigenvalue weighted by molar-refractivity contribution is 0.901. The standard InChI is InChI=1S/C10H16N4/c1-7-9(11)12-8(2)13-10(7)14-5-3-4-6-14/h3-6H2,1-2H3,(H2,11,12,13). The van der Waals surface area contributed by atoms with Crippen molar-refractivity contribution in [1.82, 2.24) is 9.97 Å². The van der Waals surface area contributed by atoms with Crippen molar-refractivity contribution in [3.63, 3.8) is 0 Å². The van der Waals surface area contributed by atoms with Gasteiger partial charge in [0.1, 0.15) is 17.5 Å². The van der Waals surface area contributed by atoms with Crippen molar-refractivity contribution in [3.05, 3.63) is 11.4 Å². The van der Waals surface area contributed by atoms with Crippen molar-refractivity contribution in [3.8, 4) is 0 Å². The number of hydrogen-bond donors (Lipinski definition) is 1. The molecule has 4 nitrogen and oxygen atoms in total. The van der Waals surface area contributed by atoms with E-state index in [9.17, 15) is 0 Å². The fourth-order valence-electron chi connectivity index (χ4n) is 1.87. The number of aryl methyl sites for hydroxylation is 1. The number of anilines is 2. The molecule has 0 saturated carbocycles. The Balaban J connectivity index is 2.40. The van der Waals surface area contributed by atoms with Crippen LogP contribution in [0.1, 0.15) is 24.2 Å². The second-order valence-corrected chi connectivity index (χ2v) is 3.80. The fraction of sp³-hybridized carbons (Fsp3) is 0.600. The van der Waals surface area contributed by atoms with Crippen molar-refractivity contribution in [2.45, 2.75) is 26.7 Å². The van der Waals surface area contributed by atoms with E-state index in [0.29, 0.717) is 5.82 Å². The molecule has 76 valence electrons. The normalized spacial score (nSPS) is 16.3. The van der Waals surface area contributed by atoms with Crippen LogP contribution in [0.3, 0.4) is 0 Å². The number of rotatable bonds is 1. The Hall–Kier alpha value is -1.32. The van der Waals surface area contributed by atoms with Crippen LogP contribution < -0.4 is 10.6 Å². The highest BCUT2D eigenvalue weighted by molar-refractivity contribution is 5.56. The summed E-state index contributed by atoms with van der Waals surface area (Å²) >= 11 is 0. The summed E-state index contributed by atoms with van der Waals surface area (Å²) in [6.07, 6.45) is 2.50. The minimum absolute atomic E-state index is 0.611. The zero-order valence-electron chi connectivity index (χ0n) is 8.75. The van der Waals surface area contributed by atoms with Crippen molar-refractivity contribution >= 4 is 11.6 Å². The Morgan fingerprint density at radius 1 is 1.14 bits per heavy atom. The zero-order valence-corrected chi connectivity index (χ0v) is 8.75. The predicted octanol–water partition coefficient (Wildman–Crippen LogP) is 1.28. The molecule has 1 aliphatic heterocycles. The molecule has 0 aliphatic carbocycles. The van der Waals surface area contributed by atoms with E-state index in [1.54, 1.807) is 0 Å². The average Bonchev–Trinajstić information content (AvgIpc) is 2.63. The highest BCUT2D eigenvalue weighted by Crippen LogP contribution is 2.24. The van der Waals surface area contributed by atoms with Gasteiger partial charge < -0.3 is 10.6 Å². The van der Waals surface area contributed by atoms with E-state index in [4.69, 9.17) is 5.73 Å². The van der Waals surface area contributed by atoms with Gasteiger partial charge in [-0.15, -0.1) is 0 Å². The molecule has 0 amide bonds. The monoisotopic (exact) mass is 192 g/mol. The third kappa shape index (κ3) is 1.52. The van der Waals surface area contributed by atoms with Gasteiger partial charge in [0.2, 0.25) is 0 Å². The van der Waals surface area contributed by atoms with Crippen LogP contribution in [0, 0.1) is 13.8 Å². The molecule has 14 heavy (non-hydrogen) atoms. The molecule has 1 saturated heterocycles. The fourth-order valence-corrected chi connectivity index (χ4v) is 1.87. The maximum Gasteiger partial charge on any atom is 0.137 e. The van der Waals surface area contributed by atoms with Crippen LogP contribution in [0.15, 0.2) is 0 Å². The van der Waals surface area contributed by atoms with Gasteiger partial charge in [-0.25, -0.2) is 9.97 Å². The van der Waals surface area contributed by atoms with Crippen molar-refractivity contribution < 1.29 is 0 Å². The number of nitrogens with two attached hydrogens (primary N) is 1. The first-order valence-corrected chi connectivity index (χ1v) is 5.04. The van der Waals surface area contributed by atoms with E-state index in [0.717, 1.165) is 30.3 Å². The second-order valence-electron chi connectivity index (χ2n) is 3.80. The first-order valence-electron chi connectivity index (χ1n) is 5.04. The molecule has 1 aromatic rings. The van der Waals surface area contributed by atoms with E-state index in [2.05, 4.69) is 14.9 Å². The van der Waals surface area contributed by atoms with E-state index >= 15 is 0 Å². The summed E-state index contributed by atoms with van der Waals surface area (Å²) in [6.45, 7) is 6.06. The van der Waals surface area contributed by atoms with Gasteiger partial charge in [-0.3, -0.25) is 0 Å². The summed E-state index contributed by atoms with van der Waals surface area (Å²) in [6, 6.07) is 0. The molecule has 2 rings (SSSR count). The molecule has 2 N–H and O–H groups in total. The molecule has 0 atom stereocenters. The Morgan fingerprint density at radius 3 is 2.43 bits per heavy atom. The minimum Gasteiger partial charge on any atom is -0.383 e. The van der Waals surface area contributed by atoms with Gasteiger partial charge in [-0.2, -0.15) is 0 Å². The Bertz CT molecular complexity index is 342. The summed E-state index contributed by atoms with van der Waals surface area (Å²) in [5.41, 5.74) is 6.82. The lowest BCUT2D eigenvalue weighted by Crippen LogP contribution is -2.21. The van der Waals surface area contributed by atoms with Crippen LogP contribution in [0.2, 0.25) is 0 Å². The Labute approximate surface area is 84.2 Å². The summed E-state index contributed by atoms with van der Waals surface area (Å²) in [7, 11) is 0. The molecule has 1 aromatic heterocycles. The van der Waals surface area contributed by atoms with Gasteiger partial charge in [0, 0.05) is 18.7 Å². The molecule has 0 unspecified atom stereocenters. The van der Waals surface area contributed by atoms with Crippen LogP contribution >= 0.6 is 0 Å². The molecule has 2 heterocycles. The third-order valence-electron chi connectivity index (χ3n) is 2.68. The van der Waals surface area contributed by atoms with Gasteiger partial charge in [0.05, 0.1) is 0 Å². The molecule has 4 heteroatoms. The topological polar surface area (TPSA) is 55.0 Å². The largest absolute Gasteiger partial charge is 0.383 e. The lowest BCUT2D eigenvalue weighted by atomic mass is 10.3. The third-order valence-corrected chi connectivity index (χ3v) is 2.68. The first-order chi connectivity index (χ1) is 6.68. The van der Waals surface area contributed by atoms with Gasteiger partial charge in [-0.1, -0.05) is 0 Å². The van der Waals surface area contributed by atoms with Crippen molar-refractivity contribution in [2.75, 3.05) is 23.7 Å². The molecular formula is C10H16N4. The lowest BCUT2D eigenvalue weighted by Gasteiger charge is -2.19. The molecule has 1 aliphatic rings. The van der Waals surface area contributed by atoms with Gasteiger partial charge >= 0.3 is 0 Å². The molecule has 0 radical (unpaired) electrons. The summed E-state index contributed by atoms with van der Waals surface area (Å²) in [4.78, 5) is 10.9. The molecule has 0 spiro atoms. The smallest absolute Gasteiger partial charge is 0.137 e. The molecular weight excluding hydrogens is 176 g/mol. The van der Waals surface area contributed by atoms with Crippen LogP contribution in [0.4, 0.5) is 11.6 Å². The van der Waals surface area contributed by atoms with Gasteiger partial charge in [-0.05, 0) is 26.7 Å². The van der Waals surface area contributed by atoms with Crippen LogP contribution in [0.25, 0.3) is 0 Å². The zero-order chi connectivity index (χ0) is 10.1. The second kappa shape index (κ2) is 3.44. The van der Waals surface area contributed by atoms with Gasteiger partial charge in [0.25, 0.3) is 0 Å². The van der Waals surface area contributed by atoms with Gasteiger partial charge in [0.15, 0.2) is 0 Å². The number of nitrogen functional groups attached to an aromatic ring is 1. The Kier molecular flexibility index (Phi) is 2.27. The number of aromatic nitrogens is 2. The molecule has 1 fully saturated rings. The van der Waals surface area contributed by atoms with Crippen molar-refractivity contribution in [2.24, 2.45) is 0 Å². The summed E-state index contributed by atoms with van der Waals surface area (Å²) in [5.74, 6) is 2.39. The van der Waals surface area contributed by atoms with Crippen molar-refractivity contribution in [1.29, 1.82) is 0 Å². The van der Waals surface area contributed by atoms with E-state index in [-0.39, 0.29) is 0 Å². The van der Waals surface area contributed by atoms with Crippen LogP contribution in [-0.4, -0.2) is 23.1 Å². The highest BCUT2D eigenvalue weighted by Gasteiger charge is 2.17. The van der Waals surface area contributed by atoms with Crippen LogP contribution in [0.5, 0.6) is 0 Å². The quantitative estimate of drug-likeness (QED) is 0.728. The average molecular weight is 192 g/mol. The number of nitrogens with zero attached hydrogens (tertiary/aromatic N) is 3. The summed E-state index contributed by atoms with van der Waals surface area (Å²) < 4.78 is 0. The molecule has 0 bridgehead atoms. The van der Waals surface area contributed by atoms with E-state index < -0.39 is 0 Å². The Morgan fingerprint density at radius 2 is 1.79 bits per heavy atom. The highest BCUT2D eigenvalue weighted by atomic mass is 15.2.